The molecule has 10 heteroatoms. The van der Waals surface area contributed by atoms with Crippen LogP contribution in [-0.2, 0) is 23.8 Å². The summed E-state index contributed by atoms with van der Waals surface area (Å²) in [4.78, 5) is 25.0. The van der Waals surface area contributed by atoms with Crippen molar-refractivity contribution in [3.05, 3.63) is 37.5 Å². The van der Waals surface area contributed by atoms with Crippen molar-refractivity contribution in [1.29, 1.82) is 0 Å². The first-order valence-corrected chi connectivity index (χ1v) is 9.61. The van der Waals surface area contributed by atoms with Gasteiger partial charge in [0.05, 0.1) is 24.9 Å². The van der Waals surface area contributed by atoms with Gasteiger partial charge >= 0.3 is 12.2 Å². The number of amides is 2. The highest BCUT2D eigenvalue weighted by Gasteiger charge is 2.39. The molecule has 2 unspecified atom stereocenters. The van der Waals surface area contributed by atoms with Gasteiger partial charge in [0, 0.05) is 13.0 Å². The van der Waals surface area contributed by atoms with Crippen molar-refractivity contribution in [3.8, 4) is 0 Å². The molecule has 0 radical (unpaired) electrons. The van der Waals surface area contributed by atoms with Crippen LogP contribution in [-0.4, -0.2) is 70.2 Å². The molecule has 1 rings (SSSR count). The Labute approximate surface area is 153 Å². The van der Waals surface area contributed by atoms with Crippen molar-refractivity contribution >= 4 is 22.3 Å². The third kappa shape index (κ3) is 7.28. The Balaban J connectivity index is 2.75. The summed E-state index contributed by atoms with van der Waals surface area (Å²) in [6.45, 7) is 10.9. The lowest BCUT2D eigenvalue weighted by atomic mass is 10.1. The average molecular weight is 388 g/mol. The minimum atomic E-state index is -3.68. The summed E-state index contributed by atoms with van der Waals surface area (Å²) in [5.74, 6) is 0. The number of nitrogens with one attached hydrogen (secondary N) is 1. The molecule has 0 aromatic heterocycles. The first-order chi connectivity index (χ1) is 12.2. The second kappa shape index (κ2) is 9.97. The Morgan fingerprint density at radius 1 is 1.23 bits per heavy atom. The van der Waals surface area contributed by atoms with E-state index in [2.05, 4.69) is 25.1 Å². The van der Waals surface area contributed by atoms with E-state index >= 15 is 0 Å². The molecule has 1 heterocycles. The van der Waals surface area contributed by atoms with Gasteiger partial charge in [0.2, 0.25) is 0 Å². The molecule has 1 fully saturated rings. The fraction of sp³-hybridized carbons (Fsp3) is 0.500. The Kier molecular flexibility index (Phi) is 8.33. The zero-order valence-electron chi connectivity index (χ0n) is 14.7. The highest BCUT2D eigenvalue weighted by molar-refractivity contribution is 7.86. The van der Waals surface area contributed by atoms with E-state index in [0.29, 0.717) is 5.57 Å². The Morgan fingerprint density at radius 2 is 1.85 bits per heavy atom. The van der Waals surface area contributed by atoms with Gasteiger partial charge in [0.25, 0.3) is 10.1 Å². The Bertz CT molecular complexity index is 660. The normalized spacial score (nSPS) is 19.5. The highest BCUT2D eigenvalue weighted by Crippen LogP contribution is 2.26. The Morgan fingerprint density at radius 3 is 2.42 bits per heavy atom. The lowest BCUT2D eigenvalue weighted by molar-refractivity contribution is 0.108. The molecule has 146 valence electrons. The van der Waals surface area contributed by atoms with Crippen molar-refractivity contribution in [3.63, 3.8) is 0 Å². The molecule has 0 spiro atoms. The van der Waals surface area contributed by atoms with E-state index in [-0.39, 0.29) is 32.7 Å². The summed E-state index contributed by atoms with van der Waals surface area (Å²) in [5.41, 5.74) is 0.482. The summed E-state index contributed by atoms with van der Waals surface area (Å²) in [7, 11) is -3.68. The number of ether oxygens (including phenoxy) is 2. The second-order valence-electron chi connectivity index (χ2n) is 5.59. The van der Waals surface area contributed by atoms with Gasteiger partial charge in [-0.05, 0) is 5.57 Å². The van der Waals surface area contributed by atoms with Crippen molar-refractivity contribution in [1.82, 2.24) is 10.2 Å². The number of rotatable bonds is 9. The van der Waals surface area contributed by atoms with Crippen LogP contribution in [0.15, 0.2) is 37.5 Å². The second-order valence-corrected chi connectivity index (χ2v) is 7.19. The van der Waals surface area contributed by atoms with Crippen LogP contribution < -0.4 is 5.32 Å². The standard InChI is InChI=1S/C16H24N2O7S/c1-5-7-23-15(19)17-10-12(3)14-9-13(25-26(4,21)22)11-18(14)16(20)24-8-6-2/h5-6,13-14H,1-3,7-11H2,4H3,(H,17,19). The Hall–Kier alpha value is -2.33. The molecule has 2 atom stereocenters. The topological polar surface area (TPSA) is 111 Å². The van der Waals surface area contributed by atoms with Gasteiger partial charge in [-0.25, -0.2) is 9.59 Å². The quantitative estimate of drug-likeness (QED) is 0.466. The van der Waals surface area contributed by atoms with Crippen LogP contribution in [0, 0.1) is 0 Å². The predicted octanol–water partition coefficient (Wildman–Crippen LogP) is 1.20. The van der Waals surface area contributed by atoms with E-state index in [1.165, 1.54) is 17.1 Å². The fourth-order valence-corrected chi connectivity index (χ4v) is 3.04. The molecule has 1 saturated heterocycles. The van der Waals surface area contributed by atoms with Crippen LogP contribution in [0.2, 0.25) is 0 Å². The zero-order valence-corrected chi connectivity index (χ0v) is 15.5. The molecule has 0 aliphatic carbocycles. The van der Waals surface area contributed by atoms with Crippen molar-refractivity contribution in [2.75, 3.05) is 32.6 Å². The molecule has 9 nitrogen and oxygen atoms in total. The summed E-state index contributed by atoms with van der Waals surface area (Å²) < 4.78 is 37.5. The number of carbonyl (C=O) groups excluding carboxylic acids is 2. The zero-order chi connectivity index (χ0) is 19.7. The number of hydrogen-bond donors (Lipinski definition) is 1. The van der Waals surface area contributed by atoms with Gasteiger partial charge in [0.1, 0.15) is 13.2 Å². The third-order valence-corrected chi connectivity index (χ3v) is 4.02. The van der Waals surface area contributed by atoms with Crippen molar-refractivity contribution in [2.24, 2.45) is 0 Å². The molecule has 0 aromatic carbocycles. The van der Waals surface area contributed by atoms with E-state index in [1.807, 2.05) is 0 Å². The van der Waals surface area contributed by atoms with Gasteiger partial charge in [-0.2, -0.15) is 8.42 Å². The molecule has 0 bridgehead atoms. The number of hydrogen-bond acceptors (Lipinski definition) is 7. The number of nitrogens with zero attached hydrogens (tertiary/aromatic N) is 1. The highest BCUT2D eigenvalue weighted by atomic mass is 32.2. The minimum Gasteiger partial charge on any atom is -0.445 e. The molecule has 1 aliphatic rings. The summed E-state index contributed by atoms with van der Waals surface area (Å²) in [5, 5.41) is 2.50. The largest absolute Gasteiger partial charge is 0.445 e. The van der Waals surface area contributed by atoms with Crippen molar-refractivity contribution < 1.29 is 31.7 Å². The minimum absolute atomic E-state index is 0.0122. The van der Waals surface area contributed by atoms with Crippen LogP contribution in [0.3, 0.4) is 0 Å². The molecule has 1 aliphatic heterocycles. The summed E-state index contributed by atoms with van der Waals surface area (Å²) in [6, 6.07) is -0.557. The lowest BCUT2D eigenvalue weighted by Gasteiger charge is -2.25. The van der Waals surface area contributed by atoms with Crippen LogP contribution in [0.5, 0.6) is 0 Å². The predicted molar refractivity (Wildman–Crippen MR) is 95.1 cm³/mol. The SMILES string of the molecule is C=CCOC(=O)NCC(=C)C1CC(OS(C)(=O)=O)CN1C(=O)OCC=C. The van der Waals surface area contributed by atoms with Gasteiger partial charge in [0.15, 0.2) is 0 Å². The van der Waals surface area contributed by atoms with E-state index in [1.54, 1.807) is 0 Å². The average Bonchev–Trinajstić information content (AvgIpc) is 2.97. The number of likely N-dealkylation sites (tertiary alicyclic amines) is 1. The smallest absolute Gasteiger partial charge is 0.410 e. The maximum atomic E-state index is 12.2. The molecule has 1 N–H and O–H groups in total. The van der Waals surface area contributed by atoms with E-state index in [9.17, 15) is 18.0 Å². The molecule has 26 heavy (non-hydrogen) atoms. The van der Waals surface area contributed by atoms with E-state index in [0.717, 1.165) is 6.26 Å². The molecule has 2 amide bonds. The van der Waals surface area contributed by atoms with Gasteiger partial charge in [-0.15, -0.1) is 0 Å². The van der Waals surface area contributed by atoms with Crippen LogP contribution in [0.1, 0.15) is 6.42 Å². The van der Waals surface area contributed by atoms with Crippen molar-refractivity contribution in [2.45, 2.75) is 18.6 Å². The van der Waals surface area contributed by atoms with E-state index in [4.69, 9.17) is 13.7 Å². The van der Waals surface area contributed by atoms with E-state index < -0.39 is 34.5 Å². The van der Waals surface area contributed by atoms with Crippen LogP contribution >= 0.6 is 0 Å². The van der Waals surface area contributed by atoms with Gasteiger partial charge < -0.3 is 14.8 Å². The maximum Gasteiger partial charge on any atom is 0.410 e. The lowest BCUT2D eigenvalue weighted by Crippen LogP contribution is -2.40. The summed E-state index contributed by atoms with van der Waals surface area (Å²) >= 11 is 0. The first kappa shape index (κ1) is 21.7. The third-order valence-electron chi connectivity index (χ3n) is 3.40. The molecule has 0 aromatic rings. The van der Waals surface area contributed by atoms with Gasteiger partial charge in [-0.1, -0.05) is 31.9 Å². The molecular weight excluding hydrogens is 364 g/mol. The monoisotopic (exact) mass is 388 g/mol. The number of carbonyl (C=O) groups is 2. The number of alkyl carbamates (subject to hydrolysis) is 1. The summed E-state index contributed by atoms with van der Waals surface area (Å²) in [6.07, 6.45) is 1.95. The maximum absolute atomic E-state index is 12.2. The fourth-order valence-electron chi connectivity index (χ4n) is 2.41. The van der Waals surface area contributed by atoms with Gasteiger partial charge in [-0.3, -0.25) is 9.08 Å². The molecular formula is C16H24N2O7S. The first-order valence-electron chi connectivity index (χ1n) is 7.79. The van der Waals surface area contributed by atoms with Crippen LogP contribution in [0.4, 0.5) is 9.59 Å². The van der Waals surface area contributed by atoms with Crippen LogP contribution in [0.25, 0.3) is 0 Å². The molecule has 0 saturated carbocycles.